The van der Waals surface area contributed by atoms with Crippen LogP contribution in [0.25, 0.3) is 0 Å². The van der Waals surface area contributed by atoms with E-state index >= 15 is 0 Å². The van der Waals surface area contributed by atoms with Crippen molar-refractivity contribution in [2.45, 2.75) is 38.3 Å². The quantitative estimate of drug-likeness (QED) is 0.526. The van der Waals surface area contributed by atoms with Crippen molar-refractivity contribution >= 4 is 29.4 Å². The minimum absolute atomic E-state index is 0.0620. The summed E-state index contributed by atoms with van der Waals surface area (Å²) in [6.07, 6.45) is 4.39. The van der Waals surface area contributed by atoms with Crippen LogP contribution in [-0.2, 0) is 25.7 Å². The van der Waals surface area contributed by atoms with Crippen molar-refractivity contribution < 1.29 is 19.1 Å². The first-order valence-corrected chi connectivity index (χ1v) is 11.1. The highest BCUT2D eigenvalue weighted by Gasteiger charge is 2.24. The van der Waals surface area contributed by atoms with Gasteiger partial charge in [0, 0.05) is 24.4 Å². The van der Waals surface area contributed by atoms with E-state index in [0.29, 0.717) is 24.4 Å². The number of halogens is 1. The second-order valence-corrected chi connectivity index (χ2v) is 8.12. The number of cyclic esters (lactones) is 1. The summed E-state index contributed by atoms with van der Waals surface area (Å²) in [4.78, 5) is 37.5. The molecule has 7 heteroatoms. The van der Waals surface area contributed by atoms with E-state index in [-0.39, 0.29) is 37.2 Å². The van der Waals surface area contributed by atoms with Crippen molar-refractivity contribution in [3.05, 3.63) is 82.9 Å². The Kier molecular flexibility index (Phi) is 8.87. The van der Waals surface area contributed by atoms with Gasteiger partial charge in [-0.3, -0.25) is 14.4 Å². The van der Waals surface area contributed by atoms with Gasteiger partial charge in [-0.25, -0.2) is 0 Å². The summed E-state index contributed by atoms with van der Waals surface area (Å²) < 4.78 is 5.59. The number of hydrogen-bond donors (Lipinski definition) is 2. The number of esters is 1. The molecule has 0 bridgehead atoms. The third-order valence-corrected chi connectivity index (χ3v) is 5.43. The van der Waals surface area contributed by atoms with Crippen LogP contribution in [-0.4, -0.2) is 24.3 Å². The van der Waals surface area contributed by atoms with E-state index in [2.05, 4.69) is 10.6 Å². The zero-order valence-electron chi connectivity index (χ0n) is 17.8. The maximum absolute atomic E-state index is 12.9. The maximum atomic E-state index is 12.9. The first kappa shape index (κ1) is 23.5. The topological polar surface area (TPSA) is 84.5 Å². The molecule has 2 N–H and O–H groups in total. The van der Waals surface area contributed by atoms with Crippen molar-refractivity contribution in [2.75, 3.05) is 6.54 Å². The van der Waals surface area contributed by atoms with Crippen LogP contribution in [0.2, 0.25) is 5.02 Å². The summed E-state index contributed by atoms with van der Waals surface area (Å²) in [5.74, 6) is -1.28. The van der Waals surface area contributed by atoms with Gasteiger partial charge >= 0.3 is 5.97 Å². The fourth-order valence-electron chi connectivity index (χ4n) is 3.46. The van der Waals surface area contributed by atoms with Crippen LogP contribution in [0.4, 0.5) is 0 Å². The van der Waals surface area contributed by atoms with E-state index in [1.54, 1.807) is 12.1 Å². The van der Waals surface area contributed by atoms with Crippen molar-refractivity contribution in [3.63, 3.8) is 0 Å². The van der Waals surface area contributed by atoms with Gasteiger partial charge in [-0.05, 0) is 36.1 Å². The van der Waals surface area contributed by atoms with Crippen molar-refractivity contribution in [1.82, 2.24) is 10.6 Å². The molecule has 0 fully saturated rings. The molecule has 0 unspecified atom stereocenters. The van der Waals surface area contributed by atoms with Gasteiger partial charge in [0.15, 0.2) is 0 Å². The largest absolute Gasteiger partial charge is 0.456 e. The molecule has 0 saturated heterocycles. The smallest absolute Gasteiger partial charge is 0.306 e. The highest BCUT2D eigenvalue weighted by molar-refractivity contribution is 6.30. The Hall–Kier alpha value is -3.12. The summed E-state index contributed by atoms with van der Waals surface area (Å²) in [7, 11) is 0. The standard InChI is InChI=1S/C25H27ClN2O4/c26-21-12-7-8-18(14-21)16-27-23(29)15-20-11-5-2-6-13-24(30)32-22(17-28-25(20)31)19-9-3-1-4-10-19/h1-5,7-10,12,14,20,22H,6,11,13,15-17H2,(H,27,29)(H,28,31)/t20-,22-/m0/s1. The number of allylic oxidation sites excluding steroid dienone is 2. The fraction of sp³-hybridized carbons (Fsp3) is 0.320. The molecule has 168 valence electrons. The molecule has 0 radical (unpaired) electrons. The number of carbonyl (C=O) groups is 3. The lowest BCUT2D eigenvalue weighted by Crippen LogP contribution is -2.37. The van der Waals surface area contributed by atoms with Gasteiger partial charge in [0.2, 0.25) is 11.8 Å². The molecule has 2 amide bonds. The summed E-state index contributed by atoms with van der Waals surface area (Å²) in [6, 6.07) is 16.6. The van der Waals surface area contributed by atoms with E-state index in [4.69, 9.17) is 16.3 Å². The van der Waals surface area contributed by atoms with E-state index in [1.165, 1.54) is 0 Å². The molecule has 2 aromatic rings. The van der Waals surface area contributed by atoms with Gasteiger partial charge in [0.05, 0.1) is 12.5 Å². The number of hydrogen-bond acceptors (Lipinski definition) is 4. The van der Waals surface area contributed by atoms with E-state index in [0.717, 1.165) is 11.1 Å². The molecular formula is C25H27ClN2O4. The number of benzene rings is 2. The molecule has 1 aliphatic rings. The molecule has 0 aliphatic carbocycles. The van der Waals surface area contributed by atoms with Crippen molar-refractivity contribution in [1.29, 1.82) is 0 Å². The fourth-order valence-corrected chi connectivity index (χ4v) is 3.67. The molecule has 0 saturated carbocycles. The Bertz CT molecular complexity index is 961. The molecule has 2 aromatic carbocycles. The summed E-state index contributed by atoms with van der Waals surface area (Å²) in [5, 5.41) is 6.31. The second-order valence-electron chi connectivity index (χ2n) is 7.69. The Morgan fingerprint density at radius 2 is 1.91 bits per heavy atom. The van der Waals surface area contributed by atoms with Gasteiger partial charge in [0.25, 0.3) is 0 Å². The third-order valence-electron chi connectivity index (χ3n) is 5.19. The normalized spacial score (nSPS) is 19.8. The molecule has 6 nitrogen and oxygen atoms in total. The minimum Gasteiger partial charge on any atom is -0.456 e. The third kappa shape index (κ3) is 7.54. The van der Waals surface area contributed by atoms with E-state index < -0.39 is 12.0 Å². The van der Waals surface area contributed by atoms with Gasteiger partial charge in [0.1, 0.15) is 6.10 Å². The lowest BCUT2D eigenvalue weighted by Gasteiger charge is -2.21. The second kappa shape index (κ2) is 12.1. The van der Waals surface area contributed by atoms with E-state index in [1.807, 2.05) is 54.6 Å². The molecule has 1 aliphatic heterocycles. The predicted molar refractivity (Wildman–Crippen MR) is 123 cm³/mol. The monoisotopic (exact) mass is 454 g/mol. The van der Waals surface area contributed by atoms with Crippen LogP contribution in [0.15, 0.2) is 66.7 Å². The minimum atomic E-state index is -0.576. The molecular weight excluding hydrogens is 428 g/mol. The number of nitrogens with one attached hydrogen (secondary N) is 2. The zero-order valence-corrected chi connectivity index (χ0v) is 18.5. The molecule has 0 aromatic heterocycles. The number of carbonyl (C=O) groups excluding carboxylic acids is 3. The van der Waals surface area contributed by atoms with Crippen LogP contribution < -0.4 is 10.6 Å². The maximum Gasteiger partial charge on any atom is 0.306 e. The zero-order chi connectivity index (χ0) is 22.8. The number of rotatable bonds is 5. The van der Waals surface area contributed by atoms with Crippen LogP contribution in [0.1, 0.15) is 42.9 Å². The summed E-state index contributed by atoms with van der Waals surface area (Å²) in [6.45, 7) is 0.495. The molecule has 1 heterocycles. The van der Waals surface area contributed by atoms with Crippen LogP contribution in [0.3, 0.4) is 0 Å². The Balaban J connectivity index is 1.63. The van der Waals surface area contributed by atoms with E-state index in [9.17, 15) is 14.4 Å². The lowest BCUT2D eigenvalue weighted by atomic mass is 9.98. The first-order valence-electron chi connectivity index (χ1n) is 10.7. The SMILES string of the molecule is O=C(C[C@@H]1CC=CCCC(=O)O[C@H](c2ccccc2)CNC1=O)NCc1cccc(Cl)c1. The highest BCUT2D eigenvalue weighted by atomic mass is 35.5. The number of amides is 2. The van der Waals surface area contributed by atoms with Crippen molar-refractivity contribution in [2.24, 2.45) is 5.92 Å². The van der Waals surface area contributed by atoms with Gasteiger partial charge < -0.3 is 15.4 Å². The summed E-state index contributed by atoms with van der Waals surface area (Å²) >= 11 is 5.98. The van der Waals surface area contributed by atoms with Crippen molar-refractivity contribution in [3.8, 4) is 0 Å². The molecule has 0 spiro atoms. The average molecular weight is 455 g/mol. The van der Waals surface area contributed by atoms with Crippen LogP contribution in [0.5, 0.6) is 0 Å². The van der Waals surface area contributed by atoms with Gasteiger partial charge in [-0.15, -0.1) is 0 Å². The Morgan fingerprint density at radius 1 is 1.09 bits per heavy atom. The molecule has 3 rings (SSSR count). The van der Waals surface area contributed by atoms with Crippen LogP contribution >= 0.6 is 11.6 Å². The Labute approximate surface area is 193 Å². The Morgan fingerprint density at radius 3 is 2.69 bits per heavy atom. The van der Waals surface area contributed by atoms with Crippen LogP contribution in [0, 0.1) is 5.92 Å². The summed E-state index contributed by atoms with van der Waals surface area (Å²) in [5.41, 5.74) is 1.70. The average Bonchev–Trinajstić information content (AvgIpc) is 2.79. The molecule has 2 atom stereocenters. The van der Waals surface area contributed by atoms with Gasteiger partial charge in [-0.2, -0.15) is 0 Å². The molecule has 32 heavy (non-hydrogen) atoms. The number of ether oxygens (including phenoxy) is 1. The first-order chi connectivity index (χ1) is 15.5. The van der Waals surface area contributed by atoms with Gasteiger partial charge in [-0.1, -0.05) is 66.2 Å². The lowest BCUT2D eigenvalue weighted by molar-refractivity contribution is -0.150. The predicted octanol–water partition coefficient (Wildman–Crippen LogP) is 4.10. The highest BCUT2D eigenvalue weighted by Crippen LogP contribution is 2.20.